The summed E-state index contributed by atoms with van der Waals surface area (Å²) in [6, 6.07) is 1.35. The number of Topliss-reactive ketones (excluding diaryl/α,β-unsaturated/α-hetero) is 1. The Hall–Kier alpha value is -0.620. The molecule has 0 aliphatic carbocycles. The van der Waals surface area contributed by atoms with E-state index in [0.717, 1.165) is 0 Å². The summed E-state index contributed by atoms with van der Waals surface area (Å²) >= 11 is 8.26. The molecule has 0 aliphatic heterocycles. The largest absolute Gasteiger partial charge is 0.454 e. The van der Waals surface area contributed by atoms with E-state index in [9.17, 15) is 22.4 Å². The number of carbonyl (C=O) groups excluding carboxylic acids is 1. The van der Waals surface area contributed by atoms with E-state index in [1.807, 2.05) is 0 Å². The summed E-state index contributed by atoms with van der Waals surface area (Å²) in [4.78, 5) is 10.7. The molecule has 7 heteroatoms. The van der Waals surface area contributed by atoms with Crippen LogP contribution in [0.3, 0.4) is 0 Å². The summed E-state index contributed by atoms with van der Waals surface area (Å²) in [6.45, 7) is 0. The van der Waals surface area contributed by atoms with Crippen LogP contribution < -0.4 is 0 Å². The molecule has 0 N–H and O–H groups in total. The Balaban J connectivity index is 3.28. The van der Waals surface area contributed by atoms with Gasteiger partial charge in [-0.2, -0.15) is 13.2 Å². The van der Waals surface area contributed by atoms with Gasteiger partial charge in [-0.25, -0.2) is 4.39 Å². The van der Waals surface area contributed by atoms with Gasteiger partial charge in [0.25, 0.3) is 5.78 Å². The second-order valence-corrected chi connectivity index (χ2v) is 3.83. The highest BCUT2D eigenvalue weighted by Gasteiger charge is 2.40. The van der Waals surface area contributed by atoms with Crippen LogP contribution in [0.1, 0.15) is 10.4 Å². The number of hydrogen-bond acceptors (Lipinski definition) is 1. The molecule has 82 valence electrons. The Morgan fingerprint density at radius 3 is 2.33 bits per heavy atom. The van der Waals surface area contributed by atoms with Crippen molar-refractivity contribution < 1.29 is 22.4 Å². The maximum absolute atomic E-state index is 13.0. The van der Waals surface area contributed by atoms with Gasteiger partial charge in [-0.15, -0.1) is 0 Å². The average Bonchev–Trinajstić information content (AvgIpc) is 2.08. The van der Waals surface area contributed by atoms with Gasteiger partial charge in [0.15, 0.2) is 0 Å². The summed E-state index contributed by atoms with van der Waals surface area (Å²) in [6.07, 6.45) is -5.11. The smallest absolute Gasteiger partial charge is 0.284 e. The molecule has 0 saturated carbocycles. The minimum atomic E-state index is -5.11. The van der Waals surface area contributed by atoms with Crippen molar-refractivity contribution in [2.45, 2.75) is 6.18 Å². The number of rotatable bonds is 1. The first-order valence-electron chi connectivity index (χ1n) is 3.49. The molecule has 1 rings (SSSR count). The molecule has 0 radical (unpaired) electrons. The zero-order chi connectivity index (χ0) is 11.8. The van der Waals surface area contributed by atoms with Crippen LogP contribution in [0.2, 0.25) is 5.02 Å². The van der Waals surface area contributed by atoms with Crippen molar-refractivity contribution in [3.63, 3.8) is 0 Å². The van der Waals surface area contributed by atoms with E-state index in [4.69, 9.17) is 11.6 Å². The minimum Gasteiger partial charge on any atom is -0.284 e. The molecule has 0 atom stereocenters. The molecule has 0 aromatic heterocycles. The van der Waals surface area contributed by atoms with E-state index in [-0.39, 0.29) is 9.50 Å². The van der Waals surface area contributed by atoms with E-state index >= 15 is 0 Å². The summed E-state index contributed by atoms with van der Waals surface area (Å²) in [7, 11) is 0. The fourth-order valence-corrected chi connectivity index (χ4v) is 1.33. The van der Waals surface area contributed by atoms with Crippen LogP contribution in [0.15, 0.2) is 16.6 Å². The van der Waals surface area contributed by atoms with E-state index in [1.165, 1.54) is 0 Å². The fraction of sp³-hybridized carbons (Fsp3) is 0.125. The second kappa shape index (κ2) is 4.09. The molecular weight excluding hydrogens is 303 g/mol. The molecule has 0 spiro atoms. The molecule has 0 saturated heterocycles. The predicted molar refractivity (Wildman–Crippen MR) is 49.5 cm³/mol. The quantitative estimate of drug-likeness (QED) is 0.436. The van der Waals surface area contributed by atoms with Gasteiger partial charge in [0.05, 0.1) is 10.6 Å². The topological polar surface area (TPSA) is 17.1 Å². The van der Waals surface area contributed by atoms with Gasteiger partial charge >= 0.3 is 6.18 Å². The van der Waals surface area contributed by atoms with Crippen molar-refractivity contribution in [3.05, 3.63) is 33.0 Å². The van der Waals surface area contributed by atoms with Crippen molar-refractivity contribution in [1.29, 1.82) is 0 Å². The number of ketones is 1. The van der Waals surface area contributed by atoms with Crippen LogP contribution in [0.5, 0.6) is 0 Å². The number of alkyl halides is 3. The fourth-order valence-electron chi connectivity index (χ4n) is 0.849. The molecule has 0 amide bonds. The lowest BCUT2D eigenvalue weighted by Crippen LogP contribution is -2.23. The zero-order valence-electron chi connectivity index (χ0n) is 6.83. The molecule has 0 aliphatic rings. The van der Waals surface area contributed by atoms with Crippen LogP contribution in [-0.2, 0) is 0 Å². The lowest BCUT2D eigenvalue weighted by molar-refractivity contribution is -0.0887. The van der Waals surface area contributed by atoms with Crippen LogP contribution in [0.25, 0.3) is 0 Å². The normalized spacial score (nSPS) is 11.6. The Labute approximate surface area is 95.2 Å². The third-order valence-electron chi connectivity index (χ3n) is 1.51. The number of hydrogen-bond donors (Lipinski definition) is 0. The monoisotopic (exact) mass is 304 g/mol. The van der Waals surface area contributed by atoms with Gasteiger partial charge in [0, 0.05) is 4.47 Å². The Kier molecular flexibility index (Phi) is 3.40. The minimum absolute atomic E-state index is 0.0837. The number of carbonyl (C=O) groups is 1. The predicted octanol–water partition coefficient (Wildman–Crippen LogP) is 3.99. The lowest BCUT2D eigenvalue weighted by atomic mass is 10.1. The zero-order valence-corrected chi connectivity index (χ0v) is 9.17. The van der Waals surface area contributed by atoms with Gasteiger partial charge in [0.2, 0.25) is 0 Å². The number of halogens is 6. The summed E-state index contributed by atoms with van der Waals surface area (Å²) in [5, 5.41) is -0.163. The van der Waals surface area contributed by atoms with Crippen molar-refractivity contribution in [2.75, 3.05) is 0 Å². The second-order valence-electron chi connectivity index (χ2n) is 2.57. The summed E-state index contributed by atoms with van der Waals surface area (Å²) in [5.74, 6) is -3.52. The first kappa shape index (κ1) is 12.4. The Bertz CT molecular complexity index is 416. The van der Waals surface area contributed by atoms with Crippen molar-refractivity contribution in [3.8, 4) is 0 Å². The molecular formula is C8H2BrClF4O. The van der Waals surface area contributed by atoms with Gasteiger partial charge < -0.3 is 0 Å². The molecule has 15 heavy (non-hydrogen) atoms. The maximum Gasteiger partial charge on any atom is 0.454 e. The van der Waals surface area contributed by atoms with Crippen molar-refractivity contribution in [2.24, 2.45) is 0 Å². The lowest BCUT2D eigenvalue weighted by Gasteiger charge is -2.07. The van der Waals surface area contributed by atoms with E-state index in [2.05, 4.69) is 15.9 Å². The van der Waals surface area contributed by atoms with Gasteiger partial charge in [-0.1, -0.05) is 11.6 Å². The average molecular weight is 305 g/mol. The summed E-state index contributed by atoms with van der Waals surface area (Å²) in [5.41, 5.74) is -1.09. The van der Waals surface area contributed by atoms with E-state index in [0.29, 0.717) is 12.1 Å². The molecule has 0 unspecified atom stereocenters. The van der Waals surface area contributed by atoms with Crippen LogP contribution in [0.4, 0.5) is 17.6 Å². The third-order valence-corrected chi connectivity index (χ3v) is 2.71. The van der Waals surface area contributed by atoms with Crippen molar-refractivity contribution in [1.82, 2.24) is 0 Å². The SMILES string of the molecule is O=C(c1cc(Cl)c(Br)cc1F)C(F)(F)F. The highest BCUT2D eigenvalue weighted by atomic mass is 79.9. The highest BCUT2D eigenvalue weighted by Crippen LogP contribution is 2.29. The molecule has 1 nitrogen and oxygen atoms in total. The third kappa shape index (κ3) is 2.69. The maximum atomic E-state index is 13.0. The van der Waals surface area contributed by atoms with Crippen molar-refractivity contribution >= 4 is 33.3 Å². The highest BCUT2D eigenvalue weighted by molar-refractivity contribution is 9.10. The van der Waals surface area contributed by atoms with Gasteiger partial charge in [-0.05, 0) is 28.1 Å². The Morgan fingerprint density at radius 2 is 1.87 bits per heavy atom. The molecule has 1 aromatic rings. The van der Waals surface area contributed by atoms with E-state index in [1.54, 1.807) is 0 Å². The van der Waals surface area contributed by atoms with E-state index < -0.39 is 23.3 Å². The summed E-state index contributed by atoms with van der Waals surface area (Å²) < 4.78 is 49.0. The molecule has 1 aromatic carbocycles. The standard InChI is InChI=1S/C8H2BrClF4O/c9-4-2-6(11)3(1-5(4)10)7(15)8(12,13)14/h1-2H. The first-order valence-corrected chi connectivity index (χ1v) is 4.66. The van der Waals surface area contributed by atoms with Crippen LogP contribution >= 0.6 is 27.5 Å². The molecule has 0 bridgehead atoms. The van der Waals surface area contributed by atoms with Crippen LogP contribution in [0, 0.1) is 5.82 Å². The van der Waals surface area contributed by atoms with Gasteiger partial charge in [-0.3, -0.25) is 4.79 Å². The molecule has 0 fully saturated rings. The first-order chi connectivity index (χ1) is 6.73. The molecule has 0 heterocycles. The number of benzene rings is 1. The Morgan fingerprint density at radius 1 is 1.33 bits per heavy atom. The van der Waals surface area contributed by atoms with Gasteiger partial charge in [0.1, 0.15) is 5.82 Å². The van der Waals surface area contributed by atoms with Crippen LogP contribution in [-0.4, -0.2) is 12.0 Å².